The zero-order valence-electron chi connectivity index (χ0n) is 45.4. The monoisotopic (exact) mass is 1050 g/mol. The van der Waals surface area contributed by atoms with Crippen LogP contribution in [0.3, 0.4) is 0 Å². The molecule has 8 rings (SSSR count). The molecule has 4 aromatic rings. The number of methoxy groups -OCH3 is 2. The van der Waals surface area contributed by atoms with E-state index in [4.69, 9.17) is 28.5 Å². The van der Waals surface area contributed by atoms with Crippen molar-refractivity contribution in [2.45, 2.75) is 155 Å². The van der Waals surface area contributed by atoms with Gasteiger partial charge >= 0.3 is 32.4 Å². The molecule has 2 aromatic heterocycles. The number of ether oxygens (including phenoxy) is 2. The minimum Gasteiger partial charge on any atom is -0.480 e. The SMILES string of the molecule is CC1(C)OB(c2ccc(-c3cnc([C@@H]4CCCN4)[nH]3)cc2)OC1(C)C.COC(=O)N[C@H](C(=O)N1CCC[C@H]1c1ncc(-c2ccc(B3OC(C)(C)C(C)(C)O3)cc2)[nH]1)C(C)C.COC(=O)N[C@H](C(=O)O)C(C)C.Cl. The highest BCUT2D eigenvalue weighted by molar-refractivity contribution is 6.62. The summed E-state index contributed by atoms with van der Waals surface area (Å²) >= 11 is 0. The molecular weight excluding hydrogens is 970 g/mol. The van der Waals surface area contributed by atoms with E-state index >= 15 is 0 Å². The van der Waals surface area contributed by atoms with Crippen LogP contribution in [0.4, 0.5) is 9.59 Å². The van der Waals surface area contributed by atoms with Gasteiger partial charge in [0.25, 0.3) is 0 Å². The van der Waals surface area contributed by atoms with Crippen molar-refractivity contribution < 1.29 is 52.4 Å². The van der Waals surface area contributed by atoms with Crippen molar-refractivity contribution in [3.05, 3.63) is 72.6 Å². The molecule has 0 spiro atoms. The fourth-order valence-electron chi connectivity index (χ4n) is 8.72. The summed E-state index contributed by atoms with van der Waals surface area (Å²) in [6.45, 7) is 25.4. The number of halogens is 1. The Kier molecular flexibility index (Phi) is 19.7. The van der Waals surface area contributed by atoms with E-state index in [0.29, 0.717) is 12.6 Å². The molecule has 0 saturated carbocycles. The van der Waals surface area contributed by atoms with Gasteiger partial charge in [-0.1, -0.05) is 76.2 Å². The Bertz CT molecular complexity index is 2480. The molecule has 6 N–H and O–H groups in total. The number of likely N-dealkylation sites (tertiary alicyclic amines) is 1. The van der Waals surface area contributed by atoms with Gasteiger partial charge in [-0.05, 0) is 122 Å². The van der Waals surface area contributed by atoms with E-state index < -0.39 is 37.4 Å². The van der Waals surface area contributed by atoms with Crippen LogP contribution < -0.4 is 26.9 Å². The molecule has 74 heavy (non-hydrogen) atoms. The summed E-state index contributed by atoms with van der Waals surface area (Å²) in [6.07, 6.45) is 6.42. The second-order valence-electron chi connectivity index (χ2n) is 21.7. The molecule has 6 heterocycles. The molecule has 4 aliphatic rings. The number of carbonyl (C=O) groups excluding carboxylic acids is 3. The summed E-state index contributed by atoms with van der Waals surface area (Å²) in [4.78, 5) is 64.1. The summed E-state index contributed by atoms with van der Waals surface area (Å²) in [7, 11) is 1.75. The Morgan fingerprint density at radius 3 is 1.47 bits per heavy atom. The second-order valence-corrected chi connectivity index (χ2v) is 21.7. The van der Waals surface area contributed by atoms with Crippen LogP contribution in [0.1, 0.15) is 133 Å². The summed E-state index contributed by atoms with van der Waals surface area (Å²) in [5, 5.41) is 17.0. The number of amides is 3. The Labute approximate surface area is 442 Å². The first-order valence-corrected chi connectivity index (χ1v) is 25.3. The number of carbonyl (C=O) groups is 4. The molecule has 0 aliphatic carbocycles. The molecular formula is C52H77B2ClN8O11. The van der Waals surface area contributed by atoms with Gasteiger partial charge < -0.3 is 64.0 Å². The number of nitrogens with zero attached hydrogens (tertiary/aromatic N) is 3. The third kappa shape index (κ3) is 13.9. The molecule has 0 radical (unpaired) electrons. The quantitative estimate of drug-likeness (QED) is 0.0777. The fourth-order valence-corrected chi connectivity index (χ4v) is 8.72. The van der Waals surface area contributed by atoms with Gasteiger partial charge in [-0.2, -0.15) is 0 Å². The molecule has 0 unspecified atom stereocenters. The normalized spacial score (nSPS) is 20.9. The van der Waals surface area contributed by atoms with Crippen molar-refractivity contribution >= 4 is 61.6 Å². The predicted octanol–water partition coefficient (Wildman–Crippen LogP) is 7.09. The van der Waals surface area contributed by atoms with Crippen LogP contribution in [0.15, 0.2) is 60.9 Å². The molecule has 22 heteroatoms. The second kappa shape index (κ2) is 24.5. The Balaban J connectivity index is 0.000000231. The van der Waals surface area contributed by atoms with Gasteiger partial charge in [0.15, 0.2) is 0 Å². The maximum Gasteiger partial charge on any atom is 0.494 e. The van der Waals surface area contributed by atoms with E-state index in [-0.39, 0.29) is 65.7 Å². The first kappa shape index (κ1) is 59.4. The average molecular weight is 1050 g/mol. The number of imidazole rings is 2. The highest BCUT2D eigenvalue weighted by Crippen LogP contribution is 2.38. The third-order valence-electron chi connectivity index (χ3n) is 14.7. The van der Waals surface area contributed by atoms with E-state index in [1.54, 1.807) is 20.0 Å². The van der Waals surface area contributed by atoms with E-state index in [1.165, 1.54) is 20.6 Å². The van der Waals surface area contributed by atoms with E-state index in [2.05, 4.69) is 92.6 Å². The highest BCUT2D eigenvalue weighted by Gasteiger charge is 2.53. The van der Waals surface area contributed by atoms with Crippen LogP contribution in [0, 0.1) is 11.8 Å². The van der Waals surface area contributed by atoms with Crippen LogP contribution in [0.5, 0.6) is 0 Å². The number of rotatable bonds is 12. The Hall–Kier alpha value is -5.44. The smallest absolute Gasteiger partial charge is 0.480 e. The van der Waals surface area contributed by atoms with Crippen molar-refractivity contribution in [2.75, 3.05) is 27.3 Å². The Morgan fingerprint density at radius 1 is 0.662 bits per heavy atom. The lowest BCUT2D eigenvalue weighted by Gasteiger charge is -2.32. The maximum absolute atomic E-state index is 13.3. The first-order chi connectivity index (χ1) is 34.3. The first-order valence-electron chi connectivity index (χ1n) is 25.3. The molecule has 19 nitrogen and oxygen atoms in total. The van der Waals surface area contributed by atoms with Crippen LogP contribution in [-0.4, -0.2) is 130 Å². The molecule has 3 amide bonds. The van der Waals surface area contributed by atoms with Crippen LogP contribution in [-0.2, 0) is 37.7 Å². The summed E-state index contributed by atoms with van der Waals surface area (Å²) < 4.78 is 33.5. The number of aliphatic carboxylic acids is 1. The van der Waals surface area contributed by atoms with Crippen molar-refractivity contribution in [3.8, 4) is 22.5 Å². The van der Waals surface area contributed by atoms with Gasteiger partial charge in [0, 0.05) is 6.54 Å². The molecule has 404 valence electrons. The zero-order chi connectivity index (χ0) is 53.6. The topological polar surface area (TPSA) is 241 Å². The number of alkyl carbamates (subject to hydrolysis) is 2. The molecule has 0 bridgehead atoms. The number of hydrogen-bond donors (Lipinski definition) is 6. The largest absolute Gasteiger partial charge is 0.494 e. The minimum atomic E-state index is -1.06. The Morgan fingerprint density at radius 2 is 1.08 bits per heavy atom. The van der Waals surface area contributed by atoms with E-state index in [0.717, 1.165) is 70.9 Å². The summed E-state index contributed by atoms with van der Waals surface area (Å²) in [5.74, 6) is 0.348. The van der Waals surface area contributed by atoms with Gasteiger partial charge in [-0.15, -0.1) is 12.4 Å². The number of H-pyrrole nitrogens is 2. The molecule has 4 saturated heterocycles. The number of aromatic nitrogens is 4. The van der Waals surface area contributed by atoms with E-state index in [1.807, 2.05) is 76.9 Å². The van der Waals surface area contributed by atoms with Crippen molar-refractivity contribution in [1.82, 2.24) is 40.8 Å². The number of carboxylic acid groups (broad SMARTS) is 1. The third-order valence-corrected chi connectivity index (χ3v) is 14.7. The summed E-state index contributed by atoms with van der Waals surface area (Å²) in [6, 6.07) is 15.0. The van der Waals surface area contributed by atoms with Crippen molar-refractivity contribution in [3.63, 3.8) is 0 Å². The number of aromatic amines is 2. The minimum absolute atomic E-state index is 0. The predicted molar refractivity (Wildman–Crippen MR) is 286 cm³/mol. The van der Waals surface area contributed by atoms with Gasteiger partial charge in [0.1, 0.15) is 23.7 Å². The maximum atomic E-state index is 13.3. The van der Waals surface area contributed by atoms with Crippen molar-refractivity contribution in [2.24, 2.45) is 11.8 Å². The fraction of sp³-hybridized carbons (Fsp3) is 0.577. The van der Waals surface area contributed by atoms with Gasteiger partial charge in [0.05, 0.1) is 72.5 Å². The number of hydrogen-bond acceptors (Lipinski definition) is 13. The number of nitrogens with one attached hydrogen (secondary N) is 5. The highest BCUT2D eigenvalue weighted by atomic mass is 35.5. The molecule has 4 fully saturated rings. The van der Waals surface area contributed by atoms with Gasteiger partial charge in [-0.3, -0.25) is 4.79 Å². The van der Waals surface area contributed by atoms with Crippen LogP contribution in [0.2, 0.25) is 0 Å². The van der Waals surface area contributed by atoms with Crippen LogP contribution in [0.25, 0.3) is 22.5 Å². The standard InChI is InChI=1S/C26H37BN4O5.C19H26BN3O2.C7H13NO4.ClH/c1-16(2)21(30-24(33)34-7)23(32)31-14-8-9-20(31)22-28-15-19(29-22)17-10-12-18(13-11-17)27-35-25(3,4)26(5,6)36-27;1-18(2)19(3,4)25-20(24-18)14-9-7-13(8-10-14)16-12-22-17(23-16)15-6-5-11-21-15;1-4(2)5(6(9)10)8-7(11)12-3;/h10-13,15-16,20-21H,8-9,14H2,1-7H3,(H,28,29)(H,30,33);7-10,12,15,21H,5-6,11H2,1-4H3,(H,22,23);4-5H,1-3H3,(H,8,11)(H,9,10);1H/t20-,21-;15-;5-;/m000./s1. The van der Waals surface area contributed by atoms with E-state index in [9.17, 15) is 19.2 Å². The van der Waals surface area contributed by atoms with Crippen LogP contribution >= 0.6 is 12.4 Å². The zero-order valence-corrected chi connectivity index (χ0v) is 46.2. The van der Waals surface area contributed by atoms with Crippen molar-refractivity contribution in [1.29, 1.82) is 0 Å². The molecule has 2 aromatic carbocycles. The lowest BCUT2D eigenvalue weighted by atomic mass is 9.79. The molecule has 4 aliphatic heterocycles. The average Bonchev–Trinajstić information content (AvgIpc) is 4.21. The summed E-state index contributed by atoms with van der Waals surface area (Å²) in [5.41, 5.74) is 4.62. The lowest BCUT2D eigenvalue weighted by Crippen LogP contribution is -2.51. The van der Waals surface area contributed by atoms with Gasteiger partial charge in [-0.25, -0.2) is 24.4 Å². The number of carboxylic acids is 1. The molecule has 4 atom stereocenters. The number of benzene rings is 2. The lowest BCUT2D eigenvalue weighted by molar-refractivity contribution is -0.140. The van der Waals surface area contributed by atoms with Gasteiger partial charge in [0.2, 0.25) is 5.91 Å².